The Hall–Kier alpha value is -3.94. The molecule has 8 nitrogen and oxygen atoms in total. The molecule has 4 aromatic rings. The van der Waals surface area contributed by atoms with Crippen molar-refractivity contribution in [2.24, 2.45) is 0 Å². The average Bonchev–Trinajstić information content (AvgIpc) is 3.09. The number of para-hydroxylation sites is 2. The number of nitro groups is 1. The number of hydrogen-bond acceptors (Lipinski definition) is 6. The molecule has 0 radical (unpaired) electrons. The molecule has 2 aromatic carbocycles. The highest BCUT2D eigenvalue weighted by atomic mass is 16.6. The molecule has 0 spiro atoms. The number of aromatic nitrogens is 2. The van der Waals surface area contributed by atoms with Crippen LogP contribution in [0.4, 0.5) is 5.69 Å². The van der Waals surface area contributed by atoms with E-state index in [2.05, 4.69) is 9.97 Å². The molecule has 0 aliphatic rings. The third-order valence-electron chi connectivity index (χ3n) is 4.62. The SMILES string of the molecule is CCOC(=O)c1ncc2[nH]c3cccc(Oc4ccccc4[N+](=O)[O-])c3c2c1C. The fraction of sp³-hybridized carbons (Fsp3) is 0.143. The summed E-state index contributed by atoms with van der Waals surface area (Å²) < 4.78 is 11.1. The molecule has 0 bridgehead atoms. The van der Waals surface area contributed by atoms with E-state index in [1.807, 2.05) is 6.07 Å². The van der Waals surface area contributed by atoms with Gasteiger partial charge in [-0.05, 0) is 37.6 Å². The van der Waals surface area contributed by atoms with Crippen molar-refractivity contribution in [2.75, 3.05) is 6.61 Å². The lowest BCUT2D eigenvalue weighted by molar-refractivity contribution is -0.385. The molecular formula is C21H17N3O5. The highest BCUT2D eigenvalue weighted by Gasteiger charge is 2.21. The van der Waals surface area contributed by atoms with E-state index in [0.29, 0.717) is 16.7 Å². The molecule has 0 aliphatic heterocycles. The predicted molar refractivity (Wildman–Crippen MR) is 107 cm³/mol. The minimum atomic E-state index is -0.502. The van der Waals surface area contributed by atoms with Gasteiger partial charge in [-0.15, -0.1) is 0 Å². The van der Waals surface area contributed by atoms with Crippen LogP contribution in [-0.4, -0.2) is 27.5 Å². The first kappa shape index (κ1) is 18.4. The zero-order valence-corrected chi connectivity index (χ0v) is 15.8. The van der Waals surface area contributed by atoms with Gasteiger partial charge in [-0.25, -0.2) is 9.78 Å². The van der Waals surface area contributed by atoms with Crippen LogP contribution >= 0.6 is 0 Å². The summed E-state index contributed by atoms with van der Waals surface area (Å²) in [6.07, 6.45) is 1.57. The number of H-pyrrole nitrogens is 1. The molecule has 0 saturated heterocycles. The summed E-state index contributed by atoms with van der Waals surface area (Å²) in [6, 6.07) is 11.6. The summed E-state index contributed by atoms with van der Waals surface area (Å²) in [5.74, 6) is 0.0715. The highest BCUT2D eigenvalue weighted by Crippen LogP contribution is 2.39. The predicted octanol–water partition coefficient (Wildman–Crippen LogP) is 4.90. The Balaban J connectivity index is 1.93. The third kappa shape index (κ3) is 3.14. The number of nitrogens with zero attached hydrogens (tertiary/aromatic N) is 2. The van der Waals surface area contributed by atoms with Gasteiger partial charge in [0.05, 0.1) is 34.1 Å². The molecule has 4 rings (SSSR count). The van der Waals surface area contributed by atoms with Gasteiger partial charge in [0, 0.05) is 11.5 Å². The number of aromatic amines is 1. The maximum atomic E-state index is 12.3. The molecule has 0 atom stereocenters. The Morgan fingerprint density at radius 1 is 1.10 bits per heavy atom. The number of ether oxygens (including phenoxy) is 2. The van der Waals surface area contributed by atoms with Crippen LogP contribution in [0.25, 0.3) is 21.8 Å². The number of nitrogens with one attached hydrogen (secondary N) is 1. The van der Waals surface area contributed by atoms with E-state index in [9.17, 15) is 14.9 Å². The van der Waals surface area contributed by atoms with Gasteiger partial charge in [0.1, 0.15) is 5.75 Å². The van der Waals surface area contributed by atoms with E-state index in [4.69, 9.17) is 9.47 Å². The minimum Gasteiger partial charge on any atom is -0.461 e. The first-order valence-electron chi connectivity index (χ1n) is 8.99. The van der Waals surface area contributed by atoms with Gasteiger partial charge in [-0.1, -0.05) is 18.2 Å². The number of benzene rings is 2. The summed E-state index contributed by atoms with van der Waals surface area (Å²) in [5, 5.41) is 12.8. The zero-order valence-electron chi connectivity index (χ0n) is 15.8. The van der Waals surface area contributed by atoms with Crippen LogP contribution in [0, 0.1) is 17.0 Å². The van der Waals surface area contributed by atoms with Gasteiger partial charge in [-0.3, -0.25) is 10.1 Å². The van der Waals surface area contributed by atoms with Crippen molar-refractivity contribution in [3.8, 4) is 11.5 Å². The van der Waals surface area contributed by atoms with E-state index in [1.54, 1.807) is 50.4 Å². The molecule has 8 heteroatoms. The molecule has 2 aromatic heterocycles. The molecule has 0 fully saturated rings. The molecule has 1 N–H and O–H groups in total. The van der Waals surface area contributed by atoms with E-state index in [0.717, 1.165) is 16.4 Å². The number of fused-ring (bicyclic) bond motifs is 3. The molecule has 146 valence electrons. The van der Waals surface area contributed by atoms with Gasteiger partial charge in [0.25, 0.3) is 0 Å². The van der Waals surface area contributed by atoms with Crippen molar-refractivity contribution in [3.05, 3.63) is 70.0 Å². The number of nitro benzene ring substituents is 1. The van der Waals surface area contributed by atoms with Crippen LogP contribution in [0.5, 0.6) is 11.5 Å². The lowest BCUT2D eigenvalue weighted by Crippen LogP contribution is -2.09. The summed E-state index contributed by atoms with van der Waals surface area (Å²) in [4.78, 5) is 30.6. The summed E-state index contributed by atoms with van der Waals surface area (Å²) >= 11 is 0. The van der Waals surface area contributed by atoms with Crippen LogP contribution < -0.4 is 4.74 Å². The Labute approximate surface area is 165 Å². The molecule has 0 aliphatic carbocycles. The largest absolute Gasteiger partial charge is 0.461 e. The molecule has 0 unspecified atom stereocenters. The highest BCUT2D eigenvalue weighted by molar-refractivity contribution is 6.13. The van der Waals surface area contributed by atoms with Crippen LogP contribution in [0.3, 0.4) is 0 Å². The lowest BCUT2D eigenvalue weighted by atomic mass is 10.1. The molecule has 0 saturated carbocycles. The number of pyridine rings is 1. The maximum Gasteiger partial charge on any atom is 0.357 e. The first-order valence-corrected chi connectivity index (χ1v) is 8.99. The molecule has 0 amide bonds. The van der Waals surface area contributed by atoms with Crippen molar-refractivity contribution in [3.63, 3.8) is 0 Å². The number of esters is 1. The van der Waals surface area contributed by atoms with Crippen molar-refractivity contribution >= 4 is 33.5 Å². The van der Waals surface area contributed by atoms with E-state index in [1.165, 1.54) is 6.07 Å². The molecule has 29 heavy (non-hydrogen) atoms. The second-order valence-corrected chi connectivity index (χ2v) is 6.37. The number of carbonyl (C=O) groups excluding carboxylic acids is 1. The number of carbonyl (C=O) groups is 1. The number of aryl methyl sites for hydroxylation is 1. The van der Waals surface area contributed by atoms with Gasteiger partial charge in [0.15, 0.2) is 5.69 Å². The van der Waals surface area contributed by atoms with E-state index in [-0.39, 0.29) is 23.7 Å². The number of rotatable bonds is 5. The number of hydrogen-bond donors (Lipinski definition) is 1. The topological polar surface area (TPSA) is 107 Å². The average molecular weight is 391 g/mol. The van der Waals surface area contributed by atoms with Crippen molar-refractivity contribution in [2.45, 2.75) is 13.8 Å². The second-order valence-electron chi connectivity index (χ2n) is 6.37. The monoisotopic (exact) mass is 391 g/mol. The quantitative estimate of drug-likeness (QED) is 0.294. The Morgan fingerprint density at radius 3 is 2.62 bits per heavy atom. The first-order chi connectivity index (χ1) is 14.0. The summed E-state index contributed by atoms with van der Waals surface area (Å²) in [7, 11) is 0. The van der Waals surface area contributed by atoms with Crippen LogP contribution in [0.2, 0.25) is 0 Å². The lowest BCUT2D eigenvalue weighted by Gasteiger charge is -2.09. The van der Waals surface area contributed by atoms with Crippen molar-refractivity contribution in [1.29, 1.82) is 0 Å². The normalized spacial score (nSPS) is 11.0. The third-order valence-corrected chi connectivity index (χ3v) is 4.62. The minimum absolute atomic E-state index is 0.130. The Bertz CT molecular complexity index is 1260. The Kier molecular flexibility index (Phi) is 4.59. The van der Waals surface area contributed by atoms with Gasteiger partial charge >= 0.3 is 11.7 Å². The van der Waals surface area contributed by atoms with Crippen LogP contribution in [-0.2, 0) is 4.74 Å². The van der Waals surface area contributed by atoms with Crippen LogP contribution in [0.1, 0.15) is 23.0 Å². The van der Waals surface area contributed by atoms with E-state index < -0.39 is 10.9 Å². The molecular weight excluding hydrogens is 374 g/mol. The fourth-order valence-electron chi connectivity index (χ4n) is 3.37. The van der Waals surface area contributed by atoms with Crippen molar-refractivity contribution < 1.29 is 19.2 Å². The Morgan fingerprint density at radius 2 is 1.86 bits per heavy atom. The van der Waals surface area contributed by atoms with Gasteiger partial charge < -0.3 is 14.5 Å². The summed E-state index contributed by atoms with van der Waals surface area (Å²) in [5.41, 5.74) is 2.23. The smallest absolute Gasteiger partial charge is 0.357 e. The summed E-state index contributed by atoms with van der Waals surface area (Å²) in [6.45, 7) is 3.77. The fourth-order valence-corrected chi connectivity index (χ4v) is 3.37. The van der Waals surface area contributed by atoms with Gasteiger partial charge in [-0.2, -0.15) is 0 Å². The van der Waals surface area contributed by atoms with Gasteiger partial charge in [0.2, 0.25) is 5.75 Å². The molecule has 2 heterocycles. The second kappa shape index (κ2) is 7.23. The van der Waals surface area contributed by atoms with Crippen molar-refractivity contribution in [1.82, 2.24) is 9.97 Å². The van der Waals surface area contributed by atoms with Crippen LogP contribution in [0.15, 0.2) is 48.7 Å². The maximum absolute atomic E-state index is 12.3. The zero-order chi connectivity index (χ0) is 20.5. The standard InChI is InChI=1S/C21H17N3O5/c1-3-28-21(25)20-12(2)18-14(11-22-20)23-13-7-6-10-17(19(13)18)29-16-9-5-4-8-15(16)24(26)27/h4-11,23H,3H2,1-2H3. The van der Waals surface area contributed by atoms with E-state index >= 15 is 0 Å².